The largest absolute Gasteiger partial charge is 0.439 e. The second-order valence-corrected chi connectivity index (χ2v) is 9.02. The Morgan fingerprint density at radius 1 is 1.39 bits per heavy atom. The van der Waals surface area contributed by atoms with Crippen LogP contribution in [0.15, 0.2) is 21.4 Å². The Hall–Kier alpha value is -1.18. The number of sulfonamides is 1. The number of halogens is 2. The fourth-order valence-electron chi connectivity index (χ4n) is 2.54. The Balaban J connectivity index is 2.20. The maximum absolute atomic E-state index is 13.4. The quantitative estimate of drug-likeness (QED) is 0.822. The predicted octanol–water partition coefficient (Wildman–Crippen LogP) is 3.51. The third-order valence-electron chi connectivity index (χ3n) is 3.80. The van der Waals surface area contributed by atoms with Crippen LogP contribution in [0.2, 0.25) is 5.02 Å². The molecule has 1 aliphatic rings. The molecule has 0 saturated carbocycles. The van der Waals surface area contributed by atoms with Gasteiger partial charge in [0.15, 0.2) is 5.58 Å². The van der Waals surface area contributed by atoms with Gasteiger partial charge in [0.2, 0.25) is 15.9 Å². The second kappa shape index (κ2) is 5.43. The number of aromatic nitrogens is 1. The van der Waals surface area contributed by atoms with Crippen molar-refractivity contribution in [3.63, 3.8) is 0 Å². The standard InChI is InChI=1S/C15H18ClFN2O3S/c1-15(2,3)14-18-11-5-4-10(16)13(12(11)22-14)23(20,21)19-7-6-9(17)8-19/h4-5,9H,6-8H2,1-3H3. The smallest absolute Gasteiger partial charge is 0.248 e. The van der Waals surface area contributed by atoms with Crippen LogP contribution < -0.4 is 0 Å². The molecular formula is C15H18ClFN2O3S. The molecule has 0 aliphatic carbocycles. The van der Waals surface area contributed by atoms with E-state index >= 15 is 0 Å². The molecule has 1 aliphatic heterocycles. The van der Waals surface area contributed by atoms with Gasteiger partial charge in [-0.25, -0.2) is 17.8 Å². The van der Waals surface area contributed by atoms with Crippen molar-refractivity contribution in [1.29, 1.82) is 0 Å². The Morgan fingerprint density at radius 2 is 2.09 bits per heavy atom. The first-order chi connectivity index (χ1) is 10.6. The molecule has 0 amide bonds. The molecule has 2 aromatic rings. The van der Waals surface area contributed by atoms with Gasteiger partial charge in [0.05, 0.1) is 5.02 Å². The number of fused-ring (bicyclic) bond motifs is 1. The lowest BCUT2D eigenvalue weighted by Crippen LogP contribution is -2.29. The fraction of sp³-hybridized carbons (Fsp3) is 0.533. The zero-order valence-electron chi connectivity index (χ0n) is 13.1. The summed E-state index contributed by atoms with van der Waals surface area (Å²) in [6.45, 7) is 5.73. The Labute approximate surface area is 139 Å². The third-order valence-corrected chi connectivity index (χ3v) is 6.16. The highest BCUT2D eigenvalue weighted by Gasteiger charge is 2.36. The fourth-order valence-corrected chi connectivity index (χ4v) is 4.64. The molecule has 1 fully saturated rings. The summed E-state index contributed by atoms with van der Waals surface area (Å²) < 4.78 is 46.0. The molecule has 0 N–H and O–H groups in total. The molecule has 1 aromatic carbocycles. The average Bonchev–Trinajstić information content (AvgIpc) is 3.03. The molecule has 1 saturated heterocycles. The molecule has 0 radical (unpaired) electrons. The zero-order chi connectivity index (χ0) is 17.0. The van der Waals surface area contributed by atoms with E-state index in [2.05, 4.69) is 4.98 Å². The number of benzene rings is 1. The van der Waals surface area contributed by atoms with Crippen LogP contribution in [0.1, 0.15) is 33.1 Å². The van der Waals surface area contributed by atoms with E-state index < -0.39 is 16.2 Å². The van der Waals surface area contributed by atoms with Gasteiger partial charge in [0, 0.05) is 18.5 Å². The summed E-state index contributed by atoms with van der Waals surface area (Å²) in [5, 5.41) is 0.0522. The van der Waals surface area contributed by atoms with E-state index in [4.69, 9.17) is 16.0 Å². The van der Waals surface area contributed by atoms with E-state index in [0.29, 0.717) is 11.4 Å². The second-order valence-electron chi connectivity index (χ2n) is 6.74. The number of hydrogen-bond donors (Lipinski definition) is 0. The molecule has 3 rings (SSSR count). The van der Waals surface area contributed by atoms with Crippen LogP contribution in [0.3, 0.4) is 0 Å². The Morgan fingerprint density at radius 3 is 2.65 bits per heavy atom. The summed E-state index contributed by atoms with van der Waals surface area (Å²) in [6.07, 6.45) is -0.959. The van der Waals surface area contributed by atoms with Crippen molar-refractivity contribution < 1.29 is 17.2 Å². The lowest BCUT2D eigenvalue weighted by molar-refractivity contribution is 0.343. The van der Waals surface area contributed by atoms with E-state index in [-0.39, 0.29) is 40.4 Å². The summed E-state index contributed by atoms with van der Waals surface area (Å²) in [6, 6.07) is 3.10. The highest BCUT2D eigenvalue weighted by atomic mass is 35.5. The van der Waals surface area contributed by atoms with Crippen LogP contribution in [0.5, 0.6) is 0 Å². The normalized spacial score (nSPS) is 20.5. The Bertz CT molecular complexity index is 857. The van der Waals surface area contributed by atoms with Crippen molar-refractivity contribution >= 4 is 32.7 Å². The van der Waals surface area contributed by atoms with Crippen LogP contribution >= 0.6 is 11.6 Å². The van der Waals surface area contributed by atoms with Gasteiger partial charge in [-0.2, -0.15) is 4.31 Å². The van der Waals surface area contributed by atoms with E-state index in [1.54, 1.807) is 6.07 Å². The van der Waals surface area contributed by atoms with E-state index in [9.17, 15) is 12.8 Å². The lowest BCUT2D eigenvalue weighted by Gasteiger charge is -2.16. The zero-order valence-corrected chi connectivity index (χ0v) is 14.7. The first kappa shape index (κ1) is 16.7. The molecule has 1 unspecified atom stereocenters. The van der Waals surface area contributed by atoms with Gasteiger partial charge >= 0.3 is 0 Å². The van der Waals surface area contributed by atoms with Crippen molar-refractivity contribution in [3.05, 3.63) is 23.0 Å². The molecule has 5 nitrogen and oxygen atoms in total. The van der Waals surface area contributed by atoms with Crippen LogP contribution in [0.4, 0.5) is 4.39 Å². The van der Waals surface area contributed by atoms with Gasteiger partial charge in [-0.3, -0.25) is 0 Å². The molecule has 2 heterocycles. The third kappa shape index (κ3) is 2.86. The van der Waals surface area contributed by atoms with Crippen molar-refractivity contribution in [1.82, 2.24) is 9.29 Å². The molecule has 1 atom stereocenters. The van der Waals surface area contributed by atoms with Crippen LogP contribution in [-0.2, 0) is 15.4 Å². The first-order valence-electron chi connectivity index (χ1n) is 7.34. The monoisotopic (exact) mass is 360 g/mol. The number of oxazole rings is 1. The van der Waals surface area contributed by atoms with Crippen molar-refractivity contribution in [2.75, 3.05) is 13.1 Å². The minimum atomic E-state index is -3.93. The summed E-state index contributed by atoms with van der Waals surface area (Å²) in [4.78, 5) is 4.23. The minimum absolute atomic E-state index is 0.0522. The summed E-state index contributed by atoms with van der Waals surface area (Å²) in [5.74, 6) is 0.427. The van der Waals surface area contributed by atoms with Crippen LogP contribution in [-0.4, -0.2) is 37.0 Å². The van der Waals surface area contributed by atoms with Gasteiger partial charge in [-0.1, -0.05) is 32.4 Å². The van der Waals surface area contributed by atoms with Gasteiger partial charge in [-0.05, 0) is 18.6 Å². The summed E-state index contributed by atoms with van der Waals surface area (Å²) in [7, 11) is -3.93. The number of rotatable bonds is 2. The highest BCUT2D eigenvalue weighted by molar-refractivity contribution is 7.89. The molecule has 126 valence electrons. The van der Waals surface area contributed by atoms with Crippen molar-refractivity contribution in [2.24, 2.45) is 0 Å². The maximum atomic E-state index is 13.4. The molecule has 0 spiro atoms. The summed E-state index contributed by atoms with van der Waals surface area (Å²) in [5.41, 5.74) is 0.183. The predicted molar refractivity (Wildman–Crippen MR) is 86.0 cm³/mol. The van der Waals surface area contributed by atoms with Crippen molar-refractivity contribution in [2.45, 2.75) is 43.7 Å². The van der Waals surface area contributed by atoms with E-state index in [0.717, 1.165) is 4.31 Å². The maximum Gasteiger partial charge on any atom is 0.248 e. The van der Waals surface area contributed by atoms with E-state index in [1.807, 2.05) is 20.8 Å². The van der Waals surface area contributed by atoms with Gasteiger partial charge < -0.3 is 4.42 Å². The SMILES string of the molecule is CC(C)(C)c1nc2ccc(Cl)c(S(=O)(=O)N3CCC(F)C3)c2o1. The molecule has 23 heavy (non-hydrogen) atoms. The highest BCUT2D eigenvalue weighted by Crippen LogP contribution is 2.36. The topological polar surface area (TPSA) is 63.4 Å². The molecular weight excluding hydrogens is 343 g/mol. The Kier molecular flexibility index (Phi) is 3.93. The number of alkyl halides is 1. The minimum Gasteiger partial charge on any atom is -0.439 e. The van der Waals surface area contributed by atoms with Crippen LogP contribution in [0.25, 0.3) is 11.1 Å². The molecule has 0 bridgehead atoms. The average molecular weight is 361 g/mol. The van der Waals surface area contributed by atoms with Gasteiger partial charge in [-0.15, -0.1) is 0 Å². The number of hydrogen-bond acceptors (Lipinski definition) is 4. The van der Waals surface area contributed by atoms with Gasteiger partial charge in [0.25, 0.3) is 0 Å². The van der Waals surface area contributed by atoms with Crippen LogP contribution in [0, 0.1) is 0 Å². The molecule has 8 heteroatoms. The van der Waals surface area contributed by atoms with E-state index in [1.165, 1.54) is 6.07 Å². The van der Waals surface area contributed by atoms with Crippen molar-refractivity contribution in [3.8, 4) is 0 Å². The van der Waals surface area contributed by atoms with Gasteiger partial charge in [0.1, 0.15) is 16.6 Å². The number of nitrogens with zero attached hydrogens (tertiary/aromatic N) is 2. The summed E-state index contributed by atoms with van der Waals surface area (Å²) >= 11 is 6.14. The molecule has 1 aromatic heterocycles. The first-order valence-corrected chi connectivity index (χ1v) is 9.16. The lowest BCUT2D eigenvalue weighted by atomic mass is 9.97.